The van der Waals surface area contributed by atoms with E-state index >= 15 is 0 Å². The summed E-state index contributed by atoms with van der Waals surface area (Å²) in [5.74, 6) is -1.66. The number of non-ortho nitro benzene ring substituents is 1. The molecule has 1 fully saturated rings. The number of β-lactam (4-membered cyclic amide) rings is 1. The number of fused-ring (bicyclic) bond motifs is 1. The van der Waals surface area contributed by atoms with E-state index in [0.717, 1.165) is 0 Å². The molecule has 2 aliphatic rings. The first-order chi connectivity index (χ1) is 14.2. The van der Waals surface area contributed by atoms with Crippen molar-refractivity contribution in [2.45, 2.75) is 29.8 Å². The van der Waals surface area contributed by atoms with Crippen LogP contribution < -0.4 is 5.32 Å². The van der Waals surface area contributed by atoms with Gasteiger partial charge in [0.1, 0.15) is 18.0 Å². The second-order valence-corrected chi connectivity index (χ2v) is 8.58. The lowest BCUT2D eigenvalue weighted by molar-refractivity contribution is -0.384. The maximum absolute atomic E-state index is 12.3. The summed E-state index contributed by atoms with van der Waals surface area (Å²) in [5, 5.41) is 12.8. The number of Topliss-reactive ketones (excluding diaryl/α,β-unsaturated/α-hetero) is 1. The van der Waals surface area contributed by atoms with Crippen molar-refractivity contribution in [1.82, 2.24) is 10.2 Å². The summed E-state index contributed by atoms with van der Waals surface area (Å²) >= 11 is 4.27. The molecule has 12 heteroatoms. The first kappa shape index (κ1) is 22.0. The molecule has 30 heavy (non-hydrogen) atoms. The van der Waals surface area contributed by atoms with Gasteiger partial charge in [-0.05, 0) is 24.6 Å². The largest absolute Gasteiger partial charge is 0.457 e. The molecule has 158 valence electrons. The molecule has 1 N–H and O–H groups in total. The van der Waals surface area contributed by atoms with Crippen LogP contribution in [0.4, 0.5) is 5.69 Å². The van der Waals surface area contributed by atoms with Gasteiger partial charge >= 0.3 is 5.97 Å². The highest BCUT2D eigenvalue weighted by Crippen LogP contribution is 2.36. The standard InChI is InChI=1S/C18H16BrN3O7S/c1-9(23)13(19)15(24)20-14-16(25)21-6-11(8-30-17(14)21)18(26)29-7-10-2-4-12(5-3-10)22(27)28/h2-6,13-14,17H,7-8H2,1H3,(H,20,24)/t13?,14?,17-/m1/s1. The molecular weight excluding hydrogens is 482 g/mol. The van der Waals surface area contributed by atoms with Gasteiger partial charge in [0.15, 0.2) is 10.6 Å². The van der Waals surface area contributed by atoms with Gasteiger partial charge in [0.05, 0.1) is 10.5 Å². The molecule has 0 bridgehead atoms. The van der Waals surface area contributed by atoms with Crippen LogP contribution in [0.25, 0.3) is 0 Å². The van der Waals surface area contributed by atoms with Crippen LogP contribution in [0.3, 0.4) is 0 Å². The number of ether oxygens (including phenoxy) is 1. The molecule has 2 unspecified atom stereocenters. The molecule has 1 aromatic carbocycles. The third kappa shape index (κ3) is 4.54. The number of carbonyl (C=O) groups excluding carboxylic acids is 4. The van der Waals surface area contributed by atoms with E-state index in [0.29, 0.717) is 11.1 Å². The molecule has 2 heterocycles. The average Bonchev–Trinajstić information content (AvgIpc) is 2.74. The first-order valence-electron chi connectivity index (χ1n) is 8.69. The number of carbonyl (C=O) groups is 4. The molecule has 3 rings (SSSR count). The van der Waals surface area contributed by atoms with Crippen molar-refractivity contribution in [3.63, 3.8) is 0 Å². The fraction of sp³-hybridized carbons (Fsp3) is 0.333. The second-order valence-electron chi connectivity index (χ2n) is 6.56. The zero-order valence-corrected chi connectivity index (χ0v) is 18.0. The number of esters is 1. The van der Waals surface area contributed by atoms with E-state index < -0.39 is 27.7 Å². The number of nitrogens with zero attached hydrogens (tertiary/aromatic N) is 2. The monoisotopic (exact) mass is 497 g/mol. The molecule has 0 spiro atoms. The van der Waals surface area contributed by atoms with E-state index in [1.54, 1.807) is 0 Å². The van der Waals surface area contributed by atoms with E-state index in [4.69, 9.17) is 4.74 Å². The summed E-state index contributed by atoms with van der Waals surface area (Å²) in [5.41, 5.74) is 0.821. The minimum atomic E-state index is -1.02. The Labute approximate surface area is 183 Å². The van der Waals surface area contributed by atoms with Gasteiger partial charge in [0.2, 0.25) is 5.91 Å². The lowest BCUT2D eigenvalue weighted by Gasteiger charge is -2.47. The molecule has 0 aliphatic carbocycles. The van der Waals surface area contributed by atoms with Crippen molar-refractivity contribution in [3.05, 3.63) is 51.7 Å². The number of halogens is 1. The van der Waals surface area contributed by atoms with Crippen LogP contribution in [0.15, 0.2) is 36.0 Å². The van der Waals surface area contributed by atoms with E-state index in [1.165, 1.54) is 54.1 Å². The van der Waals surface area contributed by atoms with E-state index in [2.05, 4.69) is 21.2 Å². The van der Waals surface area contributed by atoms with Crippen molar-refractivity contribution in [3.8, 4) is 0 Å². The normalized spacial score (nSPS) is 20.9. The summed E-state index contributed by atoms with van der Waals surface area (Å²) in [4.78, 5) is 58.3. The fourth-order valence-electron chi connectivity index (χ4n) is 2.79. The Balaban J connectivity index is 1.55. The quantitative estimate of drug-likeness (QED) is 0.148. The number of thioether (sulfide) groups is 1. The number of ketones is 1. The lowest BCUT2D eigenvalue weighted by Crippen LogP contribution is -2.69. The zero-order valence-electron chi connectivity index (χ0n) is 15.6. The Hall–Kier alpha value is -2.73. The third-order valence-electron chi connectivity index (χ3n) is 4.45. The van der Waals surface area contributed by atoms with E-state index in [9.17, 15) is 29.3 Å². The SMILES string of the molecule is CC(=O)C(Br)C(=O)NC1C(=O)N2C=C(C(=O)OCc3ccc([N+](=O)[O-])cc3)CS[C@H]12. The van der Waals surface area contributed by atoms with Crippen LogP contribution in [-0.4, -0.2) is 55.4 Å². The van der Waals surface area contributed by atoms with Crippen LogP contribution >= 0.6 is 27.7 Å². The maximum atomic E-state index is 12.3. The minimum Gasteiger partial charge on any atom is -0.457 e. The fourth-order valence-corrected chi connectivity index (χ4v) is 4.17. The van der Waals surface area contributed by atoms with E-state index in [1.807, 2.05) is 0 Å². The van der Waals surface area contributed by atoms with Crippen LogP contribution in [-0.2, 0) is 30.5 Å². The summed E-state index contributed by atoms with van der Waals surface area (Å²) in [6.07, 6.45) is 1.40. The predicted molar refractivity (Wildman–Crippen MR) is 109 cm³/mol. The zero-order chi connectivity index (χ0) is 22.0. The Bertz CT molecular complexity index is 950. The lowest BCUT2D eigenvalue weighted by atomic mass is 10.1. The molecule has 0 aromatic heterocycles. The van der Waals surface area contributed by atoms with Gasteiger partial charge < -0.3 is 15.0 Å². The molecule has 1 saturated heterocycles. The number of benzene rings is 1. The van der Waals surface area contributed by atoms with Gasteiger partial charge in [0.25, 0.3) is 11.6 Å². The van der Waals surface area contributed by atoms with Crippen molar-refractivity contribution in [1.29, 1.82) is 0 Å². The number of hydrogen-bond donors (Lipinski definition) is 1. The molecule has 2 aliphatic heterocycles. The third-order valence-corrected chi connectivity index (χ3v) is 6.83. The van der Waals surface area contributed by atoms with Crippen molar-refractivity contribution >= 4 is 56.9 Å². The Morgan fingerprint density at radius 1 is 1.37 bits per heavy atom. The molecule has 1 aromatic rings. The van der Waals surface area contributed by atoms with Gasteiger partial charge in [-0.3, -0.25) is 24.5 Å². The number of nitro groups is 1. The summed E-state index contributed by atoms with van der Waals surface area (Å²) in [7, 11) is 0. The molecular formula is C18H16BrN3O7S. The number of alkyl halides is 1. The first-order valence-corrected chi connectivity index (χ1v) is 10.7. The molecule has 0 radical (unpaired) electrons. The van der Waals surface area contributed by atoms with Crippen molar-refractivity contribution < 1.29 is 28.8 Å². The van der Waals surface area contributed by atoms with Gasteiger partial charge in [-0.15, -0.1) is 11.8 Å². The Morgan fingerprint density at radius 2 is 2.03 bits per heavy atom. The number of nitrogens with one attached hydrogen (secondary N) is 1. The van der Waals surface area contributed by atoms with Crippen LogP contribution in [0.1, 0.15) is 12.5 Å². The highest BCUT2D eigenvalue weighted by molar-refractivity contribution is 9.10. The van der Waals surface area contributed by atoms with Gasteiger partial charge in [-0.1, -0.05) is 15.9 Å². The van der Waals surface area contributed by atoms with Crippen molar-refractivity contribution in [2.24, 2.45) is 0 Å². The van der Waals surface area contributed by atoms with Gasteiger partial charge in [-0.2, -0.15) is 0 Å². The summed E-state index contributed by atoms with van der Waals surface area (Å²) in [6.45, 7) is 1.20. The predicted octanol–water partition coefficient (Wildman–Crippen LogP) is 1.27. The molecule has 0 saturated carbocycles. The number of amides is 2. The smallest absolute Gasteiger partial charge is 0.336 e. The molecule has 3 atom stereocenters. The Kier molecular flexibility index (Phi) is 6.56. The maximum Gasteiger partial charge on any atom is 0.336 e. The molecule has 10 nitrogen and oxygen atoms in total. The van der Waals surface area contributed by atoms with Crippen LogP contribution in [0.5, 0.6) is 0 Å². The second kappa shape index (κ2) is 8.96. The van der Waals surface area contributed by atoms with Crippen LogP contribution in [0.2, 0.25) is 0 Å². The van der Waals surface area contributed by atoms with Crippen LogP contribution in [0, 0.1) is 10.1 Å². The number of rotatable bonds is 7. The minimum absolute atomic E-state index is 0.0602. The average molecular weight is 498 g/mol. The topological polar surface area (TPSA) is 136 Å². The highest BCUT2D eigenvalue weighted by Gasteiger charge is 2.50. The van der Waals surface area contributed by atoms with Gasteiger partial charge in [0, 0.05) is 24.1 Å². The number of hydrogen-bond acceptors (Lipinski definition) is 8. The van der Waals surface area contributed by atoms with Gasteiger partial charge in [-0.25, -0.2) is 4.79 Å². The molecule has 2 amide bonds. The highest BCUT2D eigenvalue weighted by atomic mass is 79.9. The summed E-state index contributed by atoms with van der Waals surface area (Å²) in [6, 6.07) is 4.86. The van der Waals surface area contributed by atoms with E-state index in [-0.39, 0.29) is 35.1 Å². The number of nitro benzene ring substituents is 1. The van der Waals surface area contributed by atoms with Crippen molar-refractivity contribution in [2.75, 3.05) is 5.75 Å². The Morgan fingerprint density at radius 3 is 2.63 bits per heavy atom. The summed E-state index contributed by atoms with van der Waals surface area (Å²) < 4.78 is 5.22.